The third-order valence-electron chi connectivity index (χ3n) is 3.36. The highest BCUT2D eigenvalue weighted by atomic mass is 16.5. The van der Waals surface area contributed by atoms with Gasteiger partial charge in [-0.15, -0.1) is 0 Å². The minimum absolute atomic E-state index is 0.0719. The number of nitrogens with one attached hydrogen (secondary N) is 1. The zero-order chi connectivity index (χ0) is 15.0. The number of aliphatic hydroxyl groups excluding tert-OH is 1. The molecule has 0 amide bonds. The van der Waals surface area contributed by atoms with Crippen LogP contribution in [0, 0.1) is 16.7 Å². The van der Waals surface area contributed by atoms with Gasteiger partial charge in [0, 0.05) is 19.2 Å². The molecule has 1 unspecified atom stereocenters. The van der Waals surface area contributed by atoms with Crippen molar-refractivity contribution in [1.29, 1.82) is 5.26 Å². The normalized spacial score (nSPS) is 12.8. The van der Waals surface area contributed by atoms with Crippen molar-refractivity contribution in [2.24, 2.45) is 5.41 Å². The molecule has 0 radical (unpaired) electrons. The highest BCUT2D eigenvalue weighted by Gasteiger charge is 2.18. The van der Waals surface area contributed by atoms with E-state index in [9.17, 15) is 0 Å². The lowest BCUT2D eigenvalue weighted by Crippen LogP contribution is -2.32. The first kappa shape index (κ1) is 16.5. The number of hydrogen-bond donors (Lipinski definition) is 2. The zero-order valence-electron chi connectivity index (χ0n) is 12.5. The van der Waals surface area contributed by atoms with Crippen LogP contribution in [0.15, 0.2) is 24.3 Å². The molecule has 1 aromatic rings. The molecule has 110 valence electrons. The Kier molecular flexibility index (Phi) is 6.50. The van der Waals surface area contributed by atoms with E-state index in [1.54, 1.807) is 0 Å². The Hall–Kier alpha value is -1.57. The molecule has 4 heteroatoms. The summed E-state index contributed by atoms with van der Waals surface area (Å²) in [4.78, 5) is 0. The van der Waals surface area contributed by atoms with Crippen LogP contribution in [0.1, 0.15) is 38.8 Å². The van der Waals surface area contributed by atoms with E-state index >= 15 is 0 Å². The van der Waals surface area contributed by atoms with Crippen LogP contribution in [0.5, 0.6) is 5.75 Å². The van der Waals surface area contributed by atoms with Crippen molar-refractivity contribution in [3.05, 3.63) is 29.8 Å². The van der Waals surface area contributed by atoms with Crippen molar-refractivity contribution in [3.8, 4) is 11.8 Å². The molecule has 20 heavy (non-hydrogen) atoms. The second-order valence-corrected chi connectivity index (χ2v) is 5.76. The van der Waals surface area contributed by atoms with Crippen LogP contribution in [0.25, 0.3) is 0 Å². The van der Waals surface area contributed by atoms with Gasteiger partial charge in [0.25, 0.3) is 0 Å². The molecule has 0 saturated heterocycles. The predicted octanol–water partition coefficient (Wildman–Crippen LogP) is 2.65. The Morgan fingerprint density at radius 3 is 2.55 bits per heavy atom. The molecule has 0 heterocycles. The van der Waals surface area contributed by atoms with Crippen LogP contribution in [0.4, 0.5) is 0 Å². The van der Waals surface area contributed by atoms with Gasteiger partial charge < -0.3 is 15.2 Å². The fourth-order valence-corrected chi connectivity index (χ4v) is 1.91. The maximum Gasteiger partial charge on any atom is 0.174 e. The lowest BCUT2D eigenvalue weighted by atomic mass is 9.89. The van der Waals surface area contributed by atoms with Gasteiger partial charge >= 0.3 is 0 Å². The smallest absolute Gasteiger partial charge is 0.174 e. The summed E-state index contributed by atoms with van der Waals surface area (Å²) in [5.74, 6) is 0.711. The van der Waals surface area contributed by atoms with Gasteiger partial charge in [-0.3, -0.25) is 0 Å². The number of ether oxygens (including phenoxy) is 1. The highest BCUT2D eigenvalue weighted by Crippen LogP contribution is 2.22. The molecule has 0 aliphatic carbocycles. The largest absolute Gasteiger partial charge is 0.479 e. The Balaban J connectivity index is 2.51. The third kappa shape index (κ3) is 5.60. The topological polar surface area (TPSA) is 65.3 Å². The molecule has 0 fully saturated rings. The molecule has 0 aliphatic heterocycles. The van der Waals surface area contributed by atoms with E-state index in [0.717, 1.165) is 13.0 Å². The van der Waals surface area contributed by atoms with E-state index in [0.29, 0.717) is 5.75 Å². The molecule has 0 bridgehead atoms. The molecule has 0 spiro atoms. The van der Waals surface area contributed by atoms with E-state index < -0.39 is 0 Å². The van der Waals surface area contributed by atoms with E-state index in [4.69, 9.17) is 15.1 Å². The number of nitriles is 1. The third-order valence-corrected chi connectivity index (χ3v) is 3.36. The van der Waals surface area contributed by atoms with Crippen molar-refractivity contribution in [2.75, 3.05) is 19.8 Å². The quantitative estimate of drug-likeness (QED) is 0.766. The lowest BCUT2D eigenvalue weighted by molar-refractivity contribution is 0.203. The van der Waals surface area contributed by atoms with Crippen LogP contribution in [-0.2, 0) is 0 Å². The first-order chi connectivity index (χ1) is 9.48. The van der Waals surface area contributed by atoms with Gasteiger partial charge in [-0.2, -0.15) is 5.26 Å². The molecular formula is C16H24N2O2. The van der Waals surface area contributed by atoms with Crippen LogP contribution >= 0.6 is 0 Å². The second kappa shape index (κ2) is 7.88. The second-order valence-electron chi connectivity index (χ2n) is 5.76. The Labute approximate surface area is 121 Å². The summed E-state index contributed by atoms with van der Waals surface area (Å²) in [7, 11) is 0. The van der Waals surface area contributed by atoms with Gasteiger partial charge in [0.1, 0.15) is 11.8 Å². The fraction of sp³-hybridized carbons (Fsp3) is 0.562. The monoisotopic (exact) mass is 276 g/mol. The van der Waals surface area contributed by atoms with Crippen molar-refractivity contribution >= 4 is 0 Å². The zero-order valence-corrected chi connectivity index (χ0v) is 12.5. The molecule has 0 saturated carbocycles. The van der Waals surface area contributed by atoms with E-state index in [2.05, 4.69) is 26.1 Å². The summed E-state index contributed by atoms with van der Waals surface area (Å²) in [6.45, 7) is 7.53. The number of benzene rings is 1. The van der Waals surface area contributed by atoms with Crippen molar-refractivity contribution in [2.45, 2.75) is 33.2 Å². The summed E-state index contributed by atoms with van der Waals surface area (Å²) in [6.07, 6.45) is 0.785. The van der Waals surface area contributed by atoms with Gasteiger partial charge in [-0.1, -0.05) is 26.0 Å². The van der Waals surface area contributed by atoms with Crippen LogP contribution in [0.3, 0.4) is 0 Å². The number of aliphatic hydroxyl groups is 1. The van der Waals surface area contributed by atoms with E-state index in [1.807, 2.05) is 30.3 Å². The first-order valence-corrected chi connectivity index (χ1v) is 6.92. The molecule has 0 aromatic heterocycles. The standard InChI is InChI=1S/C16H24N2O2/c1-13(18-12-16(2,3)8-10-19)14-4-6-15(7-5-14)20-11-9-17/h4-7,13,18-19H,8,10-12H2,1-3H3. The molecule has 4 nitrogen and oxygen atoms in total. The average molecular weight is 276 g/mol. The summed E-state index contributed by atoms with van der Waals surface area (Å²) in [5, 5.41) is 21.0. The molecule has 1 aromatic carbocycles. The minimum Gasteiger partial charge on any atom is -0.479 e. The van der Waals surface area contributed by atoms with Gasteiger partial charge in [0.2, 0.25) is 0 Å². The van der Waals surface area contributed by atoms with Crippen molar-refractivity contribution in [1.82, 2.24) is 5.32 Å². The lowest BCUT2D eigenvalue weighted by Gasteiger charge is -2.26. The molecule has 0 aliphatic rings. The summed E-state index contributed by atoms with van der Waals surface area (Å²) in [5.41, 5.74) is 1.26. The summed E-state index contributed by atoms with van der Waals surface area (Å²) in [6, 6.07) is 9.95. The maximum atomic E-state index is 9.02. The van der Waals surface area contributed by atoms with Crippen LogP contribution in [-0.4, -0.2) is 24.9 Å². The first-order valence-electron chi connectivity index (χ1n) is 6.92. The fourth-order valence-electron chi connectivity index (χ4n) is 1.91. The highest BCUT2D eigenvalue weighted by molar-refractivity contribution is 5.29. The summed E-state index contributed by atoms with van der Waals surface area (Å²) >= 11 is 0. The number of rotatable bonds is 8. The van der Waals surface area contributed by atoms with Crippen molar-refractivity contribution in [3.63, 3.8) is 0 Å². The van der Waals surface area contributed by atoms with Gasteiger partial charge in [0.15, 0.2) is 6.61 Å². The molecule has 2 N–H and O–H groups in total. The average Bonchev–Trinajstić information content (AvgIpc) is 2.43. The Morgan fingerprint density at radius 1 is 1.35 bits per heavy atom. The maximum absolute atomic E-state index is 9.02. The Bertz CT molecular complexity index is 435. The van der Waals surface area contributed by atoms with Gasteiger partial charge in [0.05, 0.1) is 0 Å². The Morgan fingerprint density at radius 2 is 2.00 bits per heavy atom. The van der Waals surface area contributed by atoms with Gasteiger partial charge in [-0.25, -0.2) is 0 Å². The van der Waals surface area contributed by atoms with Gasteiger partial charge in [-0.05, 0) is 36.5 Å². The minimum atomic E-state index is 0.0719. The van der Waals surface area contributed by atoms with Crippen molar-refractivity contribution < 1.29 is 9.84 Å². The molecular weight excluding hydrogens is 252 g/mol. The van der Waals surface area contributed by atoms with Crippen LogP contribution in [0.2, 0.25) is 0 Å². The van der Waals surface area contributed by atoms with Crippen LogP contribution < -0.4 is 10.1 Å². The number of nitrogens with zero attached hydrogens (tertiary/aromatic N) is 1. The predicted molar refractivity (Wildman–Crippen MR) is 79.5 cm³/mol. The molecule has 1 rings (SSSR count). The summed E-state index contributed by atoms with van der Waals surface area (Å²) < 4.78 is 5.23. The van der Waals surface area contributed by atoms with E-state index in [1.165, 1.54) is 5.56 Å². The SMILES string of the molecule is CC(NCC(C)(C)CCO)c1ccc(OCC#N)cc1. The van der Waals surface area contributed by atoms with E-state index in [-0.39, 0.29) is 24.7 Å². The number of hydrogen-bond acceptors (Lipinski definition) is 4. The molecule has 1 atom stereocenters.